The molecule has 2 rings (SSSR count). The SMILES string of the molecule is CCc1c(O)c(C(C)C)c(/C=N/N2CCOCC2)c(O)c1C(C)C. The number of nitrogens with zero attached hydrogens (tertiary/aromatic N) is 2. The van der Waals surface area contributed by atoms with Gasteiger partial charge >= 0.3 is 0 Å². The lowest BCUT2D eigenvalue weighted by Crippen LogP contribution is -2.32. The second kappa shape index (κ2) is 7.88. The van der Waals surface area contributed by atoms with Gasteiger partial charge in [0.05, 0.1) is 32.5 Å². The summed E-state index contributed by atoms with van der Waals surface area (Å²) in [6.45, 7) is 12.9. The summed E-state index contributed by atoms with van der Waals surface area (Å²) in [6, 6.07) is 0. The van der Waals surface area contributed by atoms with Crippen molar-refractivity contribution in [2.75, 3.05) is 26.3 Å². The lowest BCUT2D eigenvalue weighted by Gasteiger charge is -2.25. The zero-order chi connectivity index (χ0) is 17.9. The van der Waals surface area contributed by atoms with Crippen molar-refractivity contribution >= 4 is 6.21 Å². The summed E-state index contributed by atoms with van der Waals surface area (Å²) in [5.74, 6) is 0.772. The molecule has 2 N–H and O–H groups in total. The van der Waals surface area contributed by atoms with E-state index in [4.69, 9.17) is 4.74 Å². The Labute approximate surface area is 144 Å². The minimum atomic E-state index is 0.0913. The molecule has 1 aromatic carbocycles. The normalized spacial score (nSPS) is 15.9. The summed E-state index contributed by atoms with van der Waals surface area (Å²) in [7, 11) is 0. The number of benzene rings is 1. The van der Waals surface area contributed by atoms with Crippen LogP contribution in [-0.4, -0.2) is 47.7 Å². The lowest BCUT2D eigenvalue weighted by atomic mass is 9.85. The topological polar surface area (TPSA) is 65.3 Å². The van der Waals surface area contributed by atoms with Crippen molar-refractivity contribution in [2.24, 2.45) is 5.10 Å². The molecule has 1 saturated heterocycles. The molecule has 0 bridgehead atoms. The first-order valence-corrected chi connectivity index (χ1v) is 8.85. The average molecular weight is 334 g/mol. The minimum Gasteiger partial charge on any atom is -0.507 e. The summed E-state index contributed by atoms with van der Waals surface area (Å²) < 4.78 is 5.33. The molecule has 0 aromatic heterocycles. The highest BCUT2D eigenvalue weighted by molar-refractivity contribution is 5.88. The van der Waals surface area contributed by atoms with Crippen molar-refractivity contribution in [3.8, 4) is 11.5 Å². The van der Waals surface area contributed by atoms with Crippen LogP contribution in [0.15, 0.2) is 5.10 Å². The lowest BCUT2D eigenvalue weighted by molar-refractivity contribution is 0.0397. The van der Waals surface area contributed by atoms with Crippen LogP contribution in [0, 0.1) is 0 Å². The molecule has 0 spiro atoms. The molecule has 5 heteroatoms. The molecule has 1 heterocycles. The summed E-state index contributed by atoms with van der Waals surface area (Å²) >= 11 is 0. The first-order valence-electron chi connectivity index (χ1n) is 8.85. The third kappa shape index (κ3) is 3.66. The summed E-state index contributed by atoms with van der Waals surface area (Å²) in [4.78, 5) is 0. The highest BCUT2D eigenvalue weighted by Crippen LogP contribution is 2.43. The van der Waals surface area contributed by atoms with Gasteiger partial charge in [0, 0.05) is 22.3 Å². The van der Waals surface area contributed by atoms with E-state index in [9.17, 15) is 10.2 Å². The zero-order valence-electron chi connectivity index (χ0n) is 15.5. The van der Waals surface area contributed by atoms with Gasteiger partial charge in [-0.05, 0) is 18.3 Å². The number of morpholine rings is 1. The van der Waals surface area contributed by atoms with Gasteiger partial charge in [-0.2, -0.15) is 5.10 Å². The maximum Gasteiger partial charge on any atom is 0.128 e. The smallest absolute Gasteiger partial charge is 0.128 e. The van der Waals surface area contributed by atoms with E-state index in [2.05, 4.69) is 5.10 Å². The van der Waals surface area contributed by atoms with Gasteiger partial charge in [-0.25, -0.2) is 0 Å². The number of hydrazone groups is 1. The Kier molecular flexibility index (Phi) is 6.10. The summed E-state index contributed by atoms with van der Waals surface area (Å²) in [5, 5.41) is 28.2. The fraction of sp³-hybridized carbons (Fsp3) is 0.632. The maximum atomic E-state index is 10.9. The van der Waals surface area contributed by atoms with E-state index in [1.165, 1.54) is 0 Å². The predicted molar refractivity (Wildman–Crippen MR) is 97.3 cm³/mol. The van der Waals surface area contributed by atoms with Gasteiger partial charge in [0.15, 0.2) is 0 Å². The molecular formula is C19H30N2O3. The number of hydrogen-bond donors (Lipinski definition) is 2. The largest absolute Gasteiger partial charge is 0.507 e. The van der Waals surface area contributed by atoms with Crippen LogP contribution < -0.4 is 0 Å². The van der Waals surface area contributed by atoms with Gasteiger partial charge in [0.2, 0.25) is 0 Å². The van der Waals surface area contributed by atoms with Crippen LogP contribution in [0.5, 0.6) is 11.5 Å². The number of rotatable bonds is 5. The molecule has 5 nitrogen and oxygen atoms in total. The summed E-state index contributed by atoms with van der Waals surface area (Å²) in [5.41, 5.74) is 3.07. The van der Waals surface area contributed by atoms with E-state index < -0.39 is 0 Å². The van der Waals surface area contributed by atoms with Gasteiger partial charge in [-0.1, -0.05) is 34.6 Å². The van der Waals surface area contributed by atoms with Crippen LogP contribution in [0.4, 0.5) is 0 Å². The predicted octanol–water partition coefficient (Wildman–Crippen LogP) is 3.57. The standard InChI is InChI=1S/C19H30N2O3/c1-6-14-16(12(2)3)19(23)15(17(13(4)5)18(14)22)11-20-21-7-9-24-10-8-21/h11-13,22-23H,6-10H2,1-5H3/b20-11+. The molecule has 0 aliphatic carbocycles. The number of phenols is 2. The van der Waals surface area contributed by atoms with E-state index in [0.717, 1.165) is 29.8 Å². The first-order chi connectivity index (χ1) is 11.4. The van der Waals surface area contributed by atoms with Crippen LogP contribution >= 0.6 is 0 Å². The quantitative estimate of drug-likeness (QED) is 0.638. The molecule has 1 aliphatic rings. The van der Waals surface area contributed by atoms with E-state index in [-0.39, 0.29) is 17.6 Å². The van der Waals surface area contributed by atoms with Crippen LogP contribution in [0.25, 0.3) is 0 Å². The molecule has 1 fully saturated rings. The fourth-order valence-corrected chi connectivity index (χ4v) is 3.34. The van der Waals surface area contributed by atoms with Crippen LogP contribution in [0.3, 0.4) is 0 Å². The van der Waals surface area contributed by atoms with Crippen molar-refractivity contribution in [3.63, 3.8) is 0 Å². The second-order valence-corrected chi connectivity index (χ2v) is 6.89. The van der Waals surface area contributed by atoms with Gasteiger partial charge < -0.3 is 14.9 Å². The van der Waals surface area contributed by atoms with Crippen molar-refractivity contribution in [1.29, 1.82) is 0 Å². The van der Waals surface area contributed by atoms with E-state index in [0.29, 0.717) is 30.9 Å². The number of ether oxygens (including phenoxy) is 1. The third-order valence-corrected chi connectivity index (χ3v) is 4.51. The Balaban J connectivity index is 2.57. The molecule has 0 saturated carbocycles. The number of hydrogen-bond acceptors (Lipinski definition) is 5. The third-order valence-electron chi connectivity index (χ3n) is 4.51. The van der Waals surface area contributed by atoms with Crippen LogP contribution in [-0.2, 0) is 11.2 Å². The van der Waals surface area contributed by atoms with Crippen LogP contribution in [0.1, 0.15) is 68.7 Å². The van der Waals surface area contributed by atoms with Gasteiger partial charge in [-0.3, -0.25) is 5.01 Å². The van der Waals surface area contributed by atoms with Crippen LogP contribution in [0.2, 0.25) is 0 Å². The second-order valence-electron chi connectivity index (χ2n) is 6.89. The average Bonchev–Trinajstić information content (AvgIpc) is 2.54. The van der Waals surface area contributed by atoms with Gasteiger partial charge in [0.1, 0.15) is 11.5 Å². The number of aromatic hydroxyl groups is 2. The molecule has 24 heavy (non-hydrogen) atoms. The Bertz CT molecular complexity index is 603. The molecule has 134 valence electrons. The molecule has 0 atom stereocenters. The molecular weight excluding hydrogens is 304 g/mol. The Morgan fingerprint density at radius 1 is 1.04 bits per heavy atom. The van der Waals surface area contributed by atoms with E-state index in [1.54, 1.807) is 6.21 Å². The van der Waals surface area contributed by atoms with Gasteiger partial charge in [0.25, 0.3) is 0 Å². The van der Waals surface area contributed by atoms with Crippen molar-refractivity contribution in [1.82, 2.24) is 5.01 Å². The Morgan fingerprint density at radius 2 is 1.62 bits per heavy atom. The molecule has 1 aromatic rings. The monoisotopic (exact) mass is 334 g/mol. The van der Waals surface area contributed by atoms with E-state index in [1.807, 2.05) is 39.6 Å². The minimum absolute atomic E-state index is 0.0913. The van der Waals surface area contributed by atoms with Crippen molar-refractivity contribution in [3.05, 3.63) is 22.3 Å². The first kappa shape index (κ1) is 18.6. The fourth-order valence-electron chi connectivity index (χ4n) is 3.34. The van der Waals surface area contributed by atoms with Crippen molar-refractivity contribution in [2.45, 2.75) is 52.9 Å². The maximum absolute atomic E-state index is 10.9. The van der Waals surface area contributed by atoms with Gasteiger partial charge in [-0.15, -0.1) is 0 Å². The zero-order valence-corrected chi connectivity index (χ0v) is 15.5. The molecule has 0 unspecified atom stereocenters. The highest BCUT2D eigenvalue weighted by Gasteiger charge is 2.25. The Morgan fingerprint density at radius 3 is 2.12 bits per heavy atom. The molecule has 0 radical (unpaired) electrons. The Hall–Kier alpha value is -1.75. The number of phenolic OH excluding ortho intramolecular Hbond substituents is 2. The highest BCUT2D eigenvalue weighted by atomic mass is 16.5. The summed E-state index contributed by atoms with van der Waals surface area (Å²) in [6.07, 6.45) is 2.38. The molecule has 0 amide bonds. The molecule has 1 aliphatic heterocycles. The van der Waals surface area contributed by atoms with Crippen molar-refractivity contribution < 1.29 is 14.9 Å². The van der Waals surface area contributed by atoms with E-state index >= 15 is 0 Å².